The Morgan fingerprint density at radius 1 is 1.14 bits per heavy atom. The van der Waals surface area contributed by atoms with Crippen LogP contribution in [0.15, 0.2) is 45.6 Å². The lowest BCUT2D eigenvalue weighted by molar-refractivity contribution is 0.0938. The predicted octanol–water partition coefficient (Wildman–Crippen LogP) is 4.47. The second-order valence-electron chi connectivity index (χ2n) is 6.83. The molecule has 0 saturated heterocycles. The van der Waals surface area contributed by atoms with Gasteiger partial charge >= 0.3 is 0 Å². The number of amides is 1. The molecule has 1 aromatic heterocycles. The van der Waals surface area contributed by atoms with E-state index in [9.17, 15) is 9.59 Å². The SMILES string of the molecule is CCCCOc1ccc(C2NC(=O)c3oc4ccc(Cl)cc4c(=O)c32)cc1OC. The molecule has 7 heteroatoms. The summed E-state index contributed by atoms with van der Waals surface area (Å²) < 4.78 is 16.9. The summed E-state index contributed by atoms with van der Waals surface area (Å²) in [5.74, 6) is 0.749. The first-order valence-electron chi connectivity index (χ1n) is 9.41. The molecule has 3 aromatic rings. The molecule has 1 N–H and O–H groups in total. The average Bonchev–Trinajstić information content (AvgIpc) is 3.06. The van der Waals surface area contributed by atoms with Crippen molar-refractivity contribution in [3.05, 3.63) is 68.5 Å². The van der Waals surface area contributed by atoms with Crippen LogP contribution in [0.4, 0.5) is 0 Å². The van der Waals surface area contributed by atoms with Crippen LogP contribution in [0.5, 0.6) is 11.5 Å². The molecule has 150 valence electrons. The van der Waals surface area contributed by atoms with Crippen molar-refractivity contribution in [1.82, 2.24) is 5.32 Å². The van der Waals surface area contributed by atoms with Crippen molar-refractivity contribution in [1.29, 1.82) is 0 Å². The van der Waals surface area contributed by atoms with E-state index in [1.165, 1.54) is 0 Å². The number of unbranched alkanes of at least 4 members (excludes halogenated alkanes) is 1. The van der Waals surface area contributed by atoms with Crippen LogP contribution in [-0.4, -0.2) is 19.6 Å². The number of methoxy groups -OCH3 is 1. The van der Waals surface area contributed by atoms with Gasteiger partial charge in [-0.15, -0.1) is 0 Å². The van der Waals surface area contributed by atoms with E-state index in [0.717, 1.165) is 12.8 Å². The van der Waals surface area contributed by atoms with Crippen molar-refractivity contribution in [3.63, 3.8) is 0 Å². The van der Waals surface area contributed by atoms with E-state index in [4.69, 9.17) is 25.5 Å². The molecule has 2 heterocycles. The molecule has 0 saturated carbocycles. The lowest BCUT2D eigenvalue weighted by atomic mass is 9.99. The zero-order valence-electron chi connectivity index (χ0n) is 16.1. The van der Waals surface area contributed by atoms with E-state index in [1.807, 2.05) is 6.07 Å². The van der Waals surface area contributed by atoms with Gasteiger partial charge < -0.3 is 19.2 Å². The van der Waals surface area contributed by atoms with Crippen molar-refractivity contribution in [2.24, 2.45) is 0 Å². The fourth-order valence-electron chi connectivity index (χ4n) is 3.44. The molecular weight excluding hydrogens is 394 g/mol. The molecule has 1 amide bonds. The third kappa shape index (κ3) is 3.44. The highest BCUT2D eigenvalue weighted by Crippen LogP contribution is 2.36. The molecule has 2 aromatic carbocycles. The highest BCUT2D eigenvalue weighted by atomic mass is 35.5. The minimum absolute atomic E-state index is 0.0251. The van der Waals surface area contributed by atoms with Crippen LogP contribution in [0.3, 0.4) is 0 Å². The maximum Gasteiger partial charge on any atom is 0.288 e. The smallest absolute Gasteiger partial charge is 0.288 e. The van der Waals surface area contributed by atoms with E-state index < -0.39 is 11.9 Å². The molecule has 0 bridgehead atoms. The Labute approximate surface area is 172 Å². The number of hydrogen-bond donors (Lipinski definition) is 1. The van der Waals surface area contributed by atoms with E-state index in [-0.39, 0.29) is 16.8 Å². The molecule has 1 aliphatic heterocycles. The second kappa shape index (κ2) is 7.79. The molecular formula is C22H20ClNO5. The van der Waals surface area contributed by atoms with Crippen LogP contribution in [0.25, 0.3) is 11.0 Å². The summed E-state index contributed by atoms with van der Waals surface area (Å²) in [5, 5.41) is 3.59. The lowest BCUT2D eigenvalue weighted by Crippen LogP contribution is -2.22. The number of fused-ring (bicyclic) bond motifs is 2. The largest absolute Gasteiger partial charge is 0.493 e. The third-order valence-electron chi connectivity index (χ3n) is 4.93. The standard InChI is InChI=1S/C22H20ClNO5/c1-3-4-9-28-16-7-5-12(10-17(16)27-2)19-18-20(25)14-11-13(23)6-8-15(14)29-21(18)22(26)24-19/h5-8,10-11,19H,3-4,9H2,1-2H3,(H,24,26). The maximum atomic E-state index is 13.1. The number of halogens is 1. The fourth-order valence-corrected chi connectivity index (χ4v) is 3.61. The Morgan fingerprint density at radius 3 is 2.72 bits per heavy atom. The van der Waals surface area contributed by atoms with E-state index in [2.05, 4.69) is 12.2 Å². The Hall–Kier alpha value is -2.99. The van der Waals surface area contributed by atoms with Crippen LogP contribution in [0, 0.1) is 0 Å². The van der Waals surface area contributed by atoms with E-state index in [1.54, 1.807) is 37.4 Å². The van der Waals surface area contributed by atoms with Gasteiger partial charge in [-0.2, -0.15) is 0 Å². The number of ether oxygens (including phenoxy) is 2. The Morgan fingerprint density at radius 2 is 1.97 bits per heavy atom. The summed E-state index contributed by atoms with van der Waals surface area (Å²) in [6, 6.07) is 9.48. The molecule has 0 radical (unpaired) electrons. The van der Waals surface area contributed by atoms with Crippen LogP contribution < -0.4 is 20.2 Å². The maximum absolute atomic E-state index is 13.1. The summed E-state index contributed by atoms with van der Waals surface area (Å²) in [6.45, 7) is 2.68. The number of nitrogens with one attached hydrogen (secondary N) is 1. The Kier molecular flexibility index (Phi) is 5.20. The third-order valence-corrected chi connectivity index (χ3v) is 5.17. The van der Waals surface area contributed by atoms with Crippen LogP contribution in [-0.2, 0) is 0 Å². The summed E-state index contributed by atoms with van der Waals surface area (Å²) >= 11 is 6.04. The van der Waals surface area contributed by atoms with Gasteiger partial charge in [0, 0.05) is 5.02 Å². The van der Waals surface area contributed by atoms with Gasteiger partial charge in [0.15, 0.2) is 16.9 Å². The lowest BCUT2D eigenvalue weighted by Gasteiger charge is -2.16. The monoisotopic (exact) mass is 413 g/mol. The van der Waals surface area contributed by atoms with Crippen molar-refractivity contribution in [3.8, 4) is 11.5 Å². The van der Waals surface area contributed by atoms with Crippen molar-refractivity contribution < 1.29 is 18.7 Å². The van der Waals surface area contributed by atoms with Gasteiger partial charge in [0.1, 0.15) is 5.58 Å². The summed E-state index contributed by atoms with van der Waals surface area (Å²) in [4.78, 5) is 25.6. The van der Waals surface area contributed by atoms with Crippen LogP contribution >= 0.6 is 11.6 Å². The van der Waals surface area contributed by atoms with Crippen LogP contribution in [0.2, 0.25) is 5.02 Å². The van der Waals surface area contributed by atoms with Gasteiger partial charge in [-0.05, 0) is 42.3 Å². The average molecular weight is 414 g/mol. The van der Waals surface area contributed by atoms with Gasteiger partial charge in [0.2, 0.25) is 5.76 Å². The van der Waals surface area contributed by atoms with Crippen molar-refractivity contribution >= 4 is 28.5 Å². The fraction of sp³-hybridized carbons (Fsp3) is 0.273. The topological polar surface area (TPSA) is 77.8 Å². The minimum atomic E-state index is -0.643. The highest BCUT2D eigenvalue weighted by Gasteiger charge is 2.36. The van der Waals surface area contributed by atoms with Crippen molar-refractivity contribution in [2.75, 3.05) is 13.7 Å². The van der Waals surface area contributed by atoms with Gasteiger partial charge in [-0.1, -0.05) is 31.0 Å². The first-order valence-corrected chi connectivity index (χ1v) is 9.79. The number of rotatable bonds is 6. The molecule has 29 heavy (non-hydrogen) atoms. The number of hydrogen-bond acceptors (Lipinski definition) is 5. The first kappa shape index (κ1) is 19.3. The minimum Gasteiger partial charge on any atom is -0.493 e. The Bertz CT molecular complexity index is 1150. The zero-order chi connectivity index (χ0) is 20.5. The molecule has 0 fully saturated rings. The molecule has 6 nitrogen and oxygen atoms in total. The quantitative estimate of drug-likeness (QED) is 0.603. The van der Waals surface area contributed by atoms with E-state index >= 15 is 0 Å². The van der Waals surface area contributed by atoms with Crippen molar-refractivity contribution in [2.45, 2.75) is 25.8 Å². The number of carbonyl (C=O) groups excluding carboxylic acids is 1. The van der Waals surface area contributed by atoms with Gasteiger partial charge in [-0.3, -0.25) is 9.59 Å². The molecule has 4 rings (SSSR count). The summed E-state index contributed by atoms with van der Waals surface area (Å²) in [5.41, 5.74) is 1.01. The molecule has 0 aliphatic carbocycles. The van der Waals surface area contributed by atoms with Gasteiger partial charge in [0.05, 0.1) is 30.7 Å². The van der Waals surface area contributed by atoms with E-state index in [0.29, 0.717) is 39.7 Å². The number of carbonyl (C=O) groups is 1. The Balaban J connectivity index is 1.79. The summed E-state index contributed by atoms with van der Waals surface area (Å²) in [6.07, 6.45) is 1.96. The molecule has 1 atom stereocenters. The zero-order valence-corrected chi connectivity index (χ0v) is 16.8. The second-order valence-corrected chi connectivity index (χ2v) is 7.27. The van der Waals surface area contributed by atoms with Crippen LogP contribution in [0.1, 0.15) is 47.5 Å². The highest BCUT2D eigenvalue weighted by molar-refractivity contribution is 6.31. The van der Waals surface area contributed by atoms with Gasteiger partial charge in [0.25, 0.3) is 5.91 Å². The molecule has 1 aliphatic rings. The molecule has 0 spiro atoms. The van der Waals surface area contributed by atoms with Gasteiger partial charge in [-0.25, -0.2) is 0 Å². The molecule has 1 unspecified atom stereocenters. The first-order chi connectivity index (χ1) is 14.0. The predicted molar refractivity (Wildman–Crippen MR) is 110 cm³/mol. The number of benzene rings is 2. The summed E-state index contributed by atoms with van der Waals surface area (Å²) in [7, 11) is 1.55. The normalized spacial score (nSPS) is 15.3.